The van der Waals surface area contributed by atoms with Gasteiger partial charge in [-0.2, -0.15) is 0 Å². The van der Waals surface area contributed by atoms with Crippen LogP contribution in [-0.2, 0) is 14.3 Å². The van der Waals surface area contributed by atoms with Gasteiger partial charge in [-0.05, 0) is 31.5 Å². The number of halogens is 1. The Labute approximate surface area is 131 Å². The second-order valence-corrected chi connectivity index (χ2v) is 5.23. The molecule has 114 valence electrons. The number of ether oxygens (including phenoxy) is 1. The van der Waals surface area contributed by atoms with Crippen LogP contribution in [0.15, 0.2) is 22.7 Å². The van der Waals surface area contributed by atoms with Crippen LogP contribution in [0.4, 0.5) is 10.5 Å². The molecule has 0 saturated heterocycles. The molecule has 6 nitrogen and oxygen atoms in total. The van der Waals surface area contributed by atoms with Crippen LogP contribution in [0, 0.1) is 6.92 Å². The summed E-state index contributed by atoms with van der Waals surface area (Å²) < 4.78 is 5.55. The summed E-state index contributed by atoms with van der Waals surface area (Å²) in [5.74, 6) is -0.627. The molecule has 0 aliphatic rings. The van der Waals surface area contributed by atoms with Crippen LogP contribution in [0.3, 0.4) is 0 Å². The van der Waals surface area contributed by atoms with Crippen molar-refractivity contribution in [3.63, 3.8) is 0 Å². The van der Waals surface area contributed by atoms with Gasteiger partial charge in [-0.25, -0.2) is 4.79 Å². The molecule has 0 spiro atoms. The second kappa shape index (κ2) is 7.78. The number of imide groups is 1. The third-order valence-corrected chi connectivity index (χ3v) is 3.29. The SMILES string of the molecule is CCOC(=O)CN(C=O)C(=O)N(C)c1cc(Br)ccc1C. The van der Waals surface area contributed by atoms with E-state index in [0.717, 1.165) is 14.9 Å². The topological polar surface area (TPSA) is 66.9 Å². The van der Waals surface area contributed by atoms with Gasteiger partial charge in [0, 0.05) is 17.2 Å². The molecule has 0 saturated carbocycles. The minimum absolute atomic E-state index is 0.195. The van der Waals surface area contributed by atoms with E-state index >= 15 is 0 Å². The van der Waals surface area contributed by atoms with E-state index < -0.39 is 18.5 Å². The van der Waals surface area contributed by atoms with Crippen LogP contribution >= 0.6 is 15.9 Å². The van der Waals surface area contributed by atoms with Crippen molar-refractivity contribution in [2.75, 3.05) is 25.1 Å². The van der Waals surface area contributed by atoms with Crippen molar-refractivity contribution in [1.82, 2.24) is 4.90 Å². The van der Waals surface area contributed by atoms with Crippen molar-refractivity contribution in [1.29, 1.82) is 0 Å². The summed E-state index contributed by atoms with van der Waals surface area (Å²) in [4.78, 5) is 36.8. The van der Waals surface area contributed by atoms with Gasteiger partial charge in [0.2, 0.25) is 6.41 Å². The number of carbonyl (C=O) groups excluding carboxylic acids is 3. The molecule has 0 aliphatic carbocycles. The Morgan fingerprint density at radius 3 is 2.62 bits per heavy atom. The molecule has 0 fully saturated rings. The fraction of sp³-hybridized carbons (Fsp3) is 0.357. The summed E-state index contributed by atoms with van der Waals surface area (Å²) in [5.41, 5.74) is 1.51. The zero-order valence-electron chi connectivity index (χ0n) is 12.1. The van der Waals surface area contributed by atoms with E-state index in [4.69, 9.17) is 4.74 Å². The van der Waals surface area contributed by atoms with Crippen LogP contribution in [0.5, 0.6) is 0 Å². The maximum absolute atomic E-state index is 12.3. The lowest BCUT2D eigenvalue weighted by Gasteiger charge is -2.24. The highest BCUT2D eigenvalue weighted by atomic mass is 79.9. The lowest BCUT2D eigenvalue weighted by molar-refractivity contribution is -0.145. The van der Waals surface area contributed by atoms with Crippen molar-refractivity contribution in [3.05, 3.63) is 28.2 Å². The van der Waals surface area contributed by atoms with Crippen LogP contribution in [0.25, 0.3) is 0 Å². The van der Waals surface area contributed by atoms with E-state index in [1.807, 2.05) is 19.1 Å². The molecule has 0 unspecified atom stereocenters. The fourth-order valence-electron chi connectivity index (χ4n) is 1.74. The number of amides is 3. The number of anilines is 1. The second-order valence-electron chi connectivity index (χ2n) is 4.31. The molecular weight excluding hydrogens is 340 g/mol. The van der Waals surface area contributed by atoms with Crippen molar-refractivity contribution in [2.24, 2.45) is 0 Å². The first kappa shape index (κ1) is 17.2. The van der Waals surface area contributed by atoms with Gasteiger partial charge in [0.1, 0.15) is 6.54 Å². The molecule has 1 rings (SSSR count). The zero-order chi connectivity index (χ0) is 16.0. The Morgan fingerprint density at radius 1 is 1.38 bits per heavy atom. The first-order valence-electron chi connectivity index (χ1n) is 6.32. The number of nitrogens with zero attached hydrogens (tertiary/aromatic N) is 2. The standard InChI is InChI=1S/C14H17BrN2O4/c1-4-21-13(19)8-17(9-18)14(20)16(3)12-7-11(15)6-5-10(12)2/h5-7,9H,4,8H2,1-3H3. The average Bonchev–Trinajstić information content (AvgIpc) is 2.46. The third kappa shape index (κ3) is 4.56. The van der Waals surface area contributed by atoms with Gasteiger partial charge in [0.05, 0.1) is 6.61 Å². The first-order chi connectivity index (χ1) is 9.90. The van der Waals surface area contributed by atoms with Crippen LogP contribution < -0.4 is 4.90 Å². The van der Waals surface area contributed by atoms with Gasteiger partial charge in [0.15, 0.2) is 0 Å². The Hall–Kier alpha value is -1.89. The van der Waals surface area contributed by atoms with Crippen molar-refractivity contribution >= 4 is 40.0 Å². The Bertz CT molecular complexity index is 548. The van der Waals surface area contributed by atoms with Crippen molar-refractivity contribution < 1.29 is 19.1 Å². The van der Waals surface area contributed by atoms with Gasteiger partial charge < -0.3 is 4.74 Å². The molecule has 1 aromatic carbocycles. The average molecular weight is 357 g/mol. The maximum atomic E-state index is 12.3. The number of hydrogen-bond acceptors (Lipinski definition) is 4. The van der Waals surface area contributed by atoms with E-state index in [9.17, 15) is 14.4 Å². The highest BCUT2D eigenvalue weighted by Gasteiger charge is 2.22. The molecule has 0 heterocycles. The maximum Gasteiger partial charge on any atom is 0.331 e. The minimum atomic E-state index is -0.627. The number of carbonyl (C=O) groups is 3. The molecule has 21 heavy (non-hydrogen) atoms. The molecular formula is C14H17BrN2O4. The minimum Gasteiger partial charge on any atom is -0.465 e. The highest BCUT2D eigenvalue weighted by molar-refractivity contribution is 9.10. The van der Waals surface area contributed by atoms with E-state index in [1.165, 1.54) is 4.90 Å². The fourth-order valence-corrected chi connectivity index (χ4v) is 2.08. The summed E-state index contributed by atoms with van der Waals surface area (Å²) in [6, 6.07) is 4.87. The van der Waals surface area contributed by atoms with Gasteiger partial charge in [-0.1, -0.05) is 22.0 Å². The van der Waals surface area contributed by atoms with E-state index in [-0.39, 0.29) is 6.61 Å². The van der Waals surface area contributed by atoms with Crippen LogP contribution in [-0.4, -0.2) is 43.5 Å². The quantitative estimate of drug-likeness (QED) is 0.599. The van der Waals surface area contributed by atoms with Gasteiger partial charge >= 0.3 is 12.0 Å². The normalized spacial score (nSPS) is 9.90. The predicted octanol–water partition coefficient (Wildman–Crippen LogP) is 2.34. The van der Waals surface area contributed by atoms with Crippen LogP contribution in [0.1, 0.15) is 12.5 Å². The molecule has 0 aliphatic heterocycles. The third-order valence-electron chi connectivity index (χ3n) is 2.80. The van der Waals surface area contributed by atoms with Crippen molar-refractivity contribution in [3.8, 4) is 0 Å². The van der Waals surface area contributed by atoms with Gasteiger partial charge in [-0.15, -0.1) is 0 Å². The highest BCUT2D eigenvalue weighted by Crippen LogP contribution is 2.24. The molecule has 0 atom stereocenters. The number of benzene rings is 1. The predicted molar refractivity (Wildman–Crippen MR) is 82.1 cm³/mol. The number of aryl methyl sites for hydroxylation is 1. The monoisotopic (exact) mass is 356 g/mol. The number of esters is 1. The molecule has 3 amide bonds. The summed E-state index contributed by atoms with van der Waals surface area (Å²) in [5, 5.41) is 0. The smallest absolute Gasteiger partial charge is 0.331 e. The molecule has 0 aromatic heterocycles. The largest absolute Gasteiger partial charge is 0.465 e. The van der Waals surface area contributed by atoms with E-state index in [1.54, 1.807) is 20.0 Å². The number of hydrogen-bond donors (Lipinski definition) is 0. The van der Waals surface area contributed by atoms with Crippen molar-refractivity contribution in [2.45, 2.75) is 13.8 Å². The molecule has 0 radical (unpaired) electrons. The van der Waals surface area contributed by atoms with E-state index in [2.05, 4.69) is 15.9 Å². The van der Waals surface area contributed by atoms with Crippen LogP contribution in [0.2, 0.25) is 0 Å². The number of rotatable bonds is 5. The zero-order valence-corrected chi connectivity index (χ0v) is 13.7. The summed E-state index contributed by atoms with van der Waals surface area (Å²) in [6.07, 6.45) is 0.322. The Morgan fingerprint density at radius 2 is 2.05 bits per heavy atom. The lowest BCUT2D eigenvalue weighted by atomic mass is 10.2. The summed E-state index contributed by atoms with van der Waals surface area (Å²) >= 11 is 3.33. The number of urea groups is 1. The summed E-state index contributed by atoms with van der Waals surface area (Å²) in [6.45, 7) is 3.29. The lowest BCUT2D eigenvalue weighted by Crippen LogP contribution is -2.43. The molecule has 7 heteroatoms. The molecule has 0 bridgehead atoms. The first-order valence-corrected chi connectivity index (χ1v) is 7.11. The Kier molecular flexibility index (Phi) is 6.36. The van der Waals surface area contributed by atoms with Gasteiger partial charge in [-0.3, -0.25) is 19.4 Å². The molecule has 1 aromatic rings. The van der Waals surface area contributed by atoms with E-state index in [0.29, 0.717) is 12.1 Å². The van der Waals surface area contributed by atoms with Gasteiger partial charge in [0.25, 0.3) is 0 Å². The molecule has 0 N–H and O–H groups in total. The Balaban J connectivity index is 2.91. The summed E-state index contributed by atoms with van der Waals surface area (Å²) in [7, 11) is 1.54.